The first kappa shape index (κ1) is 25.7. The topological polar surface area (TPSA) is 104 Å². The molecule has 9 heteroatoms. The fourth-order valence-corrected chi connectivity index (χ4v) is 6.23. The molecule has 0 saturated carbocycles. The standard InChI is InChI=1S/C34H32N8O/c1-20-13-23(11-12-35-20)38-22-3-8-30-33(15-22)41-34(40-30)31-9-4-24(17-36-31)39-32-14-21(2)37-29-10-5-25(16-28(29)32)42-18-26-6-7-27(19-42)43-26/h3-5,8-17,26-27H,6-7,18-19H2,1-2H3,(H,35,38)(H,37,39)(H,40,41)/t26-,27+. The van der Waals surface area contributed by atoms with E-state index in [-0.39, 0.29) is 0 Å². The molecule has 2 aromatic carbocycles. The quantitative estimate of drug-likeness (QED) is 0.197. The molecule has 6 heterocycles. The Morgan fingerprint density at radius 2 is 1.58 bits per heavy atom. The molecule has 0 radical (unpaired) electrons. The number of benzene rings is 2. The highest BCUT2D eigenvalue weighted by Gasteiger charge is 2.33. The van der Waals surface area contributed by atoms with Crippen LogP contribution in [0.1, 0.15) is 24.2 Å². The summed E-state index contributed by atoms with van der Waals surface area (Å²) in [7, 11) is 0. The smallest absolute Gasteiger partial charge is 0.157 e. The van der Waals surface area contributed by atoms with Gasteiger partial charge in [-0.1, -0.05) is 0 Å². The molecule has 2 fully saturated rings. The number of morpholine rings is 1. The van der Waals surface area contributed by atoms with Gasteiger partial charge in [0, 0.05) is 58.8 Å². The number of ether oxygens (including phenoxy) is 1. The lowest BCUT2D eigenvalue weighted by atomic mass is 10.1. The number of rotatable bonds is 6. The maximum absolute atomic E-state index is 6.06. The van der Waals surface area contributed by atoms with Gasteiger partial charge < -0.3 is 25.3 Å². The average Bonchev–Trinajstić information content (AvgIpc) is 3.59. The molecule has 0 amide bonds. The summed E-state index contributed by atoms with van der Waals surface area (Å²) < 4.78 is 6.06. The number of aryl methyl sites for hydroxylation is 2. The highest BCUT2D eigenvalue weighted by atomic mass is 16.5. The number of imidazole rings is 1. The van der Waals surface area contributed by atoms with Gasteiger partial charge in [0.05, 0.1) is 40.6 Å². The summed E-state index contributed by atoms with van der Waals surface area (Å²) in [5.41, 5.74) is 10.6. The molecule has 0 unspecified atom stereocenters. The van der Waals surface area contributed by atoms with Crippen LogP contribution in [0.25, 0.3) is 33.5 Å². The van der Waals surface area contributed by atoms with Crippen LogP contribution in [-0.4, -0.2) is 50.2 Å². The Labute approximate surface area is 249 Å². The van der Waals surface area contributed by atoms with Crippen LogP contribution in [0.3, 0.4) is 0 Å². The second kappa shape index (κ2) is 10.4. The minimum absolute atomic E-state index is 0.342. The van der Waals surface area contributed by atoms with Crippen LogP contribution >= 0.6 is 0 Å². The molecule has 2 aliphatic heterocycles. The van der Waals surface area contributed by atoms with E-state index in [1.807, 2.05) is 56.4 Å². The number of fused-ring (bicyclic) bond motifs is 4. The molecule has 2 saturated heterocycles. The third-order valence-corrected chi connectivity index (χ3v) is 8.28. The minimum Gasteiger partial charge on any atom is -0.371 e. The summed E-state index contributed by atoms with van der Waals surface area (Å²) in [6, 6.07) is 22.8. The van der Waals surface area contributed by atoms with Gasteiger partial charge in [0.1, 0.15) is 5.69 Å². The summed E-state index contributed by atoms with van der Waals surface area (Å²) in [5.74, 6) is 0.729. The van der Waals surface area contributed by atoms with Crippen molar-refractivity contribution in [1.82, 2.24) is 24.9 Å². The second-order valence-corrected chi connectivity index (χ2v) is 11.6. The molecule has 4 aromatic heterocycles. The predicted octanol–water partition coefficient (Wildman–Crippen LogP) is 7.04. The fourth-order valence-electron chi connectivity index (χ4n) is 6.23. The third-order valence-electron chi connectivity index (χ3n) is 8.28. The van der Waals surface area contributed by atoms with Crippen molar-refractivity contribution in [3.63, 3.8) is 0 Å². The Bertz CT molecular complexity index is 1960. The molecule has 2 aliphatic rings. The van der Waals surface area contributed by atoms with E-state index in [4.69, 9.17) is 19.7 Å². The molecule has 3 N–H and O–H groups in total. The summed E-state index contributed by atoms with van der Waals surface area (Å²) in [4.78, 5) is 24.5. The highest BCUT2D eigenvalue weighted by Crippen LogP contribution is 2.34. The normalized spacial score (nSPS) is 18.0. The van der Waals surface area contributed by atoms with Crippen LogP contribution in [-0.2, 0) is 4.74 Å². The lowest BCUT2D eigenvalue weighted by Gasteiger charge is -2.34. The Morgan fingerprint density at radius 3 is 2.40 bits per heavy atom. The largest absolute Gasteiger partial charge is 0.371 e. The van der Waals surface area contributed by atoms with Crippen molar-refractivity contribution in [2.75, 3.05) is 28.6 Å². The van der Waals surface area contributed by atoms with Gasteiger partial charge in [-0.3, -0.25) is 15.0 Å². The number of hydrogen-bond donors (Lipinski definition) is 3. The average molecular weight is 569 g/mol. The molecule has 0 aliphatic carbocycles. The SMILES string of the molecule is Cc1cc(Nc2ccc3nc(-c4ccc(Nc5cc(C)nc6ccc(N7C[C@H]8CC[C@@H](C7)O8)cc56)cn4)[nH]c3c2)ccn1. The lowest BCUT2D eigenvalue weighted by Crippen LogP contribution is -2.42. The molecule has 2 atom stereocenters. The molecule has 8 rings (SSSR count). The number of nitrogens with one attached hydrogen (secondary N) is 3. The van der Waals surface area contributed by atoms with Gasteiger partial charge in [-0.25, -0.2) is 4.98 Å². The zero-order chi connectivity index (χ0) is 28.9. The number of pyridine rings is 3. The minimum atomic E-state index is 0.342. The maximum atomic E-state index is 6.06. The van der Waals surface area contributed by atoms with Crippen molar-refractivity contribution in [1.29, 1.82) is 0 Å². The van der Waals surface area contributed by atoms with Crippen LogP contribution in [0.15, 0.2) is 79.1 Å². The van der Waals surface area contributed by atoms with Crippen molar-refractivity contribution in [3.8, 4) is 11.5 Å². The van der Waals surface area contributed by atoms with Gasteiger partial charge in [0.15, 0.2) is 5.82 Å². The monoisotopic (exact) mass is 568 g/mol. The van der Waals surface area contributed by atoms with Crippen molar-refractivity contribution in [2.24, 2.45) is 0 Å². The van der Waals surface area contributed by atoms with E-state index in [9.17, 15) is 0 Å². The van der Waals surface area contributed by atoms with E-state index in [2.05, 4.69) is 55.8 Å². The zero-order valence-corrected chi connectivity index (χ0v) is 24.1. The Balaban J connectivity index is 1.03. The summed E-state index contributed by atoms with van der Waals surface area (Å²) in [6.07, 6.45) is 6.66. The molecular formula is C34H32N8O. The molecular weight excluding hydrogens is 536 g/mol. The fraction of sp³-hybridized carbons (Fsp3) is 0.235. The first-order valence-corrected chi connectivity index (χ1v) is 14.8. The number of hydrogen-bond acceptors (Lipinski definition) is 8. The van der Waals surface area contributed by atoms with E-state index in [0.29, 0.717) is 12.2 Å². The van der Waals surface area contributed by atoms with Crippen LogP contribution in [0.2, 0.25) is 0 Å². The van der Waals surface area contributed by atoms with E-state index >= 15 is 0 Å². The molecule has 2 bridgehead atoms. The van der Waals surface area contributed by atoms with Crippen molar-refractivity contribution >= 4 is 50.4 Å². The van der Waals surface area contributed by atoms with Gasteiger partial charge in [-0.15, -0.1) is 0 Å². The summed E-state index contributed by atoms with van der Waals surface area (Å²) >= 11 is 0. The molecule has 43 heavy (non-hydrogen) atoms. The molecule has 6 aromatic rings. The van der Waals surface area contributed by atoms with Crippen LogP contribution in [0.5, 0.6) is 0 Å². The van der Waals surface area contributed by atoms with Crippen molar-refractivity contribution in [3.05, 3.63) is 90.5 Å². The van der Waals surface area contributed by atoms with Crippen LogP contribution < -0.4 is 15.5 Å². The van der Waals surface area contributed by atoms with Crippen molar-refractivity contribution in [2.45, 2.75) is 38.9 Å². The van der Waals surface area contributed by atoms with E-state index in [1.54, 1.807) is 6.20 Å². The number of anilines is 5. The first-order chi connectivity index (χ1) is 21.0. The lowest BCUT2D eigenvalue weighted by molar-refractivity contribution is 0.0305. The van der Waals surface area contributed by atoms with Gasteiger partial charge in [-0.05, 0) is 93.4 Å². The van der Waals surface area contributed by atoms with Gasteiger partial charge in [-0.2, -0.15) is 0 Å². The Morgan fingerprint density at radius 1 is 0.767 bits per heavy atom. The number of aromatic amines is 1. The number of aromatic nitrogens is 5. The third kappa shape index (κ3) is 5.12. The molecule has 0 spiro atoms. The molecule has 214 valence electrons. The van der Waals surface area contributed by atoms with E-state index in [1.165, 1.54) is 5.69 Å². The van der Waals surface area contributed by atoms with Gasteiger partial charge in [0.2, 0.25) is 0 Å². The van der Waals surface area contributed by atoms with Gasteiger partial charge in [0.25, 0.3) is 0 Å². The number of nitrogens with zero attached hydrogens (tertiary/aromatic N) is 5. The summed E-state index contributed by atoms with van der Waals surface area (Å²) in [5, 5.41) is 8.13. The Kier molecular flexibility index (Phi) is 6.18. The second-order valence-electron chi connectivity index (χ2n) is 11.6. The van der Waals surface area contributed by atoms with Crippen LogP contribution in [0, 0.1) is 13.8 Å². The molecule has 9 nitrogen and oxygen atoms in total. The van der Waals surface area contributed by atoms with Crippen molar-refractivity contribution < 1.29 is 4.74 Å². The first-order valence-electron chi connectivity index (χ1n) is 14.8. The Hall–Kier alpha value is -5.02. The van der Waals surface area contributed by atoms with Crippen LogP contribution in [0.4, 0.5) is 28.4 Å². The maximum Gasteiger partial charge on any atom is 0.157 e. The van der Waals surface area contributed by atoms with E-state index < -0.39 is 0 Å². The number of H-pyrrole nitrogens is 1. The highest BCUT2D eigenvalue weighted by molar-refractivity contribution is 5.95. The predicted molar refractivity (Wildman–Crippen MR) is 171 cm³/mol. The van der Waals surface area contributed by atoms with E-state index in [0.717, 1.165) is 93.5 Å². The summed E-state index contributed by atoms with van der Waals surface area (Å²) in [6.45, 7) is 5.90. The zero-order valence-electron chi connectivity index (χ0n) is 24.1. The van der Waals surface area contributed by atoms with Gasteiger partial charge >= 0.3 is 0 Å².